The summed E-state index contributed by atoms with van der Waals surface area (Å²) in [6.07, 6.45) is 10.6. The van der Waals surface area contributed by atoms with E-state index in [1.165, 1.54) is 0 Å². The number of hydrogen-bond acceptors (Lipinski definition) is 2. The van der Waals surface area contributed by atoms with Gasteiger partial charge in [-0.15, -0.1) is 6.58 Å². The Kier molecular flexibility index (Phi) is 7.95. The van der Waals surface area contributed by atoms with Gasteiger partial charge < -0.3 is 14.4 Å². The Morgan fingerprint density at radius 2 is 2.04 bits per heavy atom. The van der Waals surface area contributed by atoms with Crippen LogP contribution >= 0.6 is 0 Å². The second-order valence-electron chi connectivity index (χ2n) is 7.24. The van der Waals surface area contributed by atoms with Crippen molar-refractivity contribution >= 4 is 11.8 Å². The molecule has 0 aromatic carbocycles. The van der Waals surface area contributed by atoms with Crippen molar-refractivity contribution in [1.29, 1.82) is 0 Å². The molecule has 2 amide bonds. The van der Waals surface area contributed by atoms with Crippen molar-refractivity contribution in [3.63, 3.8) is 0 Å². The molecule has 0 bridgehead atoms. The van der Waals surface area contributed by atoms with E-state index in [0.29, 0.717) is 25.6 Å². The van der Waals surface area contributed by atoms with Gasteiger partial charge in [0.1, 0.15) is 6.54 Å². The zero-order valence-corrected chi connectivity index (χ0v) is 16.3. The van der Waals surface area contributed by atoms with Crippen LogP contribution in [0.15, 0.2) is 31.0 Å². The summed E-state index contributed by atoms with van der Waals surface area (Å²) >= 11 is 0. The third-order valence-electron chi connectivity index (χ3n) is 4.96. The smallest absolute Gasteiger partial charge is 0.242 e. The molecular weight excluding hydrogens is 326 g/mol. The highest BCUT2D eigenvalue weighted by Gasteiger charge is 2.33. The summed E-state index contributed by atoms with van der Waals surface area (Å²) < 4.78 is 2.04. The number of aromatic nitrogens is 1. The van der Waals surface area contributed by atoms with Crippen molar-refractivity contribution in [3.8, 4) is 0 Å². The molecule has 1 aliphatic rings. The van der Waals surface area contributed by atoms with E-state index in [1.807, 2.05) is 34.8 Å². The zero-order valence-electron chi connectivity index (χ0n) is 16.3. The molecular formula is C21H33N3O2. The van der Waals surface area contributed by atoms with Crippen LogP contribution in [0.1, 0.15) is 57.6 Å². The minimum absolute atomic E-state index is 0.0393. The van der Waals surface area contributed by atoms with Gasteiger partial charge in [-0.1, -0.05) is 32.3 Å². The first-order valence-corrected chi connectivity index (χ1v) is 9.85. The number of nitrogens with zero attached hydrogens (tertiary/aromatic N) is 3. The van der Waals surface area contributed by atoms with Gasteiger partial charge in [-0.05, 0) is 31.4 Å². The second-order valence-corrected chi connectivity index (χ2v) is 7.24. The summed E-state index contributed by atoms with van der Waals surface area (Å²) in [6.45, 7) is 7.09. The number of hydrogen-bond donors (Lipinski definition) is 0. The van der Waals surface area contributed by atoms with Crippen LogP contribution in [-0.2, 0) is 23.2 Å². The van der Waals surface area contributed by atoms with Crippen molar-refractivity contribution in [2.24, 2.45) is 7.05 Å². The predicted octanol–water partition coefficient (Wildman–Crippen LogP) is 3.50. The Morgan fingerprint density at radius 3 is 2.62 bits per heavy atom. The van der Waals surface area contributed by atoms with Crippen LogP contribution in [-0.4, -0.2) is 45.3 Å². The lowest BCUT2D eigenvalue weighted by molar-refractivity contribution is -0.141. The van der Waals surface area contributed by atoms with Gasteiger partial charge in [0.2, 0.25) is 11.8 Å². The lowest BCUT2D eigenvalue weighted by Gasteiger charge is -2.27. The molecule has 1 saturated carbocycles. The Morgan fingerprint density at radius 1 is 1.27 bits per heavy atom. The lowest BCUT2D eigenvalue weighted by Crippen LogP contribution is -2.43. The third-order valence-corrected chi connectivity index (χ3v) is 4.96. The number of rotatable bonds is 12. The molecule has 5 nitrogen and oxygen atoms in total. The highest BCUT2D eigenvalue weighted by Crippen LogP contribution is 2.28. The van der Waals surface area contributed by atoms with E-state index in [9.17, 15) is 9.59 Å². The minimum Gasteiger partial charge on any atom is -0.353 e. The van der Waals surface area contributed by atoms with E-state index in [4.69, 9.17) is 0 Å². The van der Waals surface area contributed by atoms with E-state index < -0.39 is 0 Å². The Labute approximate surface area is 157 Å². The third kappa shape index (κ3) is 6.04. The summed E-state index contributed by atoms with van der Waals surface area (Å²) in [5, 5.41) is 0. The topological polar surface area (TPSA) is 45.6 Å². The van der Waals surface area contributed by atoms with Gasteiger partial charge in [0, 0.05) is 37.9 Å². The van der Waals surface area contributed by atoms with Gasteiger partial charge in [-0.25, -0.2) is 0 Å². The standard InChI is InChI=1S/C21H33N3O2/c1-4-6-7-8-11-20(25)23(14-5-2)17-21(26)24(18-12-13-18)16-19-10-9-15-22(19)3/h5,9-10,15,18H,2,4,6-8,11-14,16-17H2,1,3H3. The summed E-state index contributed by atoms with van der Waals surface area (Å²) in [5.74, 6) is 0.0985. The predicted molar refractivity (Wildman–Crippen MR) is 105 cm³/mol. The first-order valence-electron chi connectivity index (χ1n) is 9.85. The Hall–Kier alpha value is -2.04. The van der Waals surface area contributed by atoms with Crippen LogP contribution in [0, 0.1) is 0 Å². The molecule has 1 fully saturated rings. The fourth-order valence-corrected chi connectivity index (χ4v) is 3.17. The van der Waals surface area contributed by atoms with Crippen LogP contribution in [0.25, 0.3) is 0 Å². The minimum atomic E-state index is 0.0393. The molecule has 1 aliphatic carbocycles. The van der Waals surface area contributed by atoms with E-state index in [0.717, 1.165) is 44.2 Å². The van der Waals surface area contributed by atoms with E-state index in [-0.39, 0.29) is 18.4 Å². The van der Waals surface area contributed by atoms with Gasteiger partial charge >= 0.3 is 0 Å². The summed E-state index contributed by atoms with van der Waals surface area (Å²) in [5.41, 5.74) is 1.12. The van der Waals surface area contributed by atoms with Crippen molar-refractivity contribution < 1.29 is 9.59 Å². The van der Waals surface area contributed by atoms with Crippen LogP contribution in [0.2, 0.25) is 0 Å². The Bertz CT molecular complexity index is 604. The molecule has 1 aromatic heterocycles. The van der Waals surface area contributed by atoms with E-state index >= 15 is 0 Å². The molecule has 0 saturated heterocycles. The first-order chi connectivity index (χ1) is 12.6. The molecule has 1 heterocycles. The number of carbonyl (C=O) groups excluding carboxylic acids is 2. The molecule has 2 rings (SSSR count). The van der Waals surface area contributed by atoms with E-state index in [1.54, 1.807) is 11.0 Å². The van der Waals surface area contributed by atoms with Gasteiger partial charge in [0.05, 0.1) is 6.54 Å². The highest BCUT2D eigenvalue weighted by atomic mass is 16.2. The average Bonchev–Trinajstić information content (AvgIpc) is 3.38. The average molecular weight is 360 g/mol. The van der Waals surface area contributed by atoms with Gasteiger partial charge in [-0.2, -0.15) is 0 Å². The number of amides is 2. The largest absolute Gasteiger partial charge is 0.353 e. The first kappa shape index (κ1) is 20.3. The lowest BCUT2D eigenvalue weighted by atomic mass is 10.1. The maximum absolute atomic E-state index is 12.9. The molecule has 0 atom stereocenters. The Balaban J connectivity index is 1.94. The molecule has 0 unspecified atom stereocenters. The quantitative estimate of drug-likeness (QED) is 0.423. The van der Waals surface area contributed by atoms with Crippen LogP contribution < -0.4 is 0 Å². The SMILES string of the molecule is C=CCN(CC(=O)N(Cc1cccn1C)C1CC1)C(=O)CCCCCC. The summed E-state index contributed by atoms with van der Waals surface area (Å²) in [7, 11) is 1.99. The highest BCUT2D eigenvalue weighted by molar-refractivity contribution is 5.85. The normalized spacial score (nSPS) is 13.5. The van der Waals surface area contributed by atoms with Crippen molar-refractivity contribution in [2.75, 3.05) is 13.1 Å². The van der Waals surface area contributed by atoms with Crippen molar-refractivity contribution in [1.82, 2.24) is 14.4 Å². The van der Waals surface area contributed by atoms with Gasteiger partial charge in [-0.3, -0.25) is 9.59 Å². The van der Waals surface area contributed by atoms with Crippen molar-refractivity contribution in [2.45, 2.75) is 64.5 Å². The van der Waals surface area contributed by atoms with Crippen LogP contribution in [0.5, 0.6) is 0 Å². The monoisotopic (exact) mass is 359 g/mol. The molecule has 26 heavy (non-hydrogen) atoms. The summed E-state index contributed by atoms with van der Waals surface area (Å²) in [4.78, 5) is 29.0. The van der Waals surface area contributed by atoms with Gasteiger partial charge in [0.15, 0.2) is 0 Å². The molecule has 0 spiro atoms. The number of unbranched alkanes of at least 4 members (excludes halogenated alkanes) is 3. The molecule has 0 aliphatic heterocycles. The van der Waals surface area contributed by atoms with Crippen LogP contribution in [0.3, 0.4) is 0 Å². The fraction of sp³-hybridized carbons (Fsp3) is 0.619. The fourth-order valence-electron chi connectivity index (χ4n) is 3.17. The molecule has 0 radical (unpaired) electrons. The summed E-state index contributed by atoms with van der Waals surface area (Å²) in [6, 6.07) is 4.36. The maximum Gasteiger partial charge on any atom is 0.242 e. The van der Waals surface area contributed by atoms with Crippen LogP contribution in [0.4, 0.5) is 0 Å². The van der Waals surface area contributed by atoms with E-state index in [2.05, 4.69) is 13.5 Å². The number of aryl methyl sites for hydroxylation is 1. The van der Waals surface area contributed by atoms with Gasteiger partial charge in [0.25, 0.3) is 0 Å². The second kappa shape index (κ2) is 10.2. The molecule has 1 aromatic rings. The zero-order chi connectivity index (χ0) is 18.9. The molecule has 5 heteroatoms. The van der Waals surface area contributed by atoms with Crippen molar-refractivity contribution in [3.05, 3.63) is 36.7 Å². The number of carbonyl (C=O) groups is 2. The molecule has 144 valence electrons. The maximum atomic E-state index is 12.9. The molecule has 0 N–H and O–H groups in total.